The molecular weight excluding hydrogens is 232 g/mol. The van der Waals surface area contributed by atoms with E-state index >= 15 is 0 Å². The summed E-state index contributed by atoms with van der Waals surface area (Å²) in [7, 11) is 0. The molecule has 0 aromatic heterocycles. The number of hydrogen-bond acceptors (Lipinski definition) is 0. The van der Waals surface area contributed by atoms with Gasteiger partial charge in [-0.05, 0) is 0 Å². The van der Waals surface area contributed by atoms with E-state index in [1.54, 1.807) is 0 Å². The zero-order chi connectivity index (χ0) is 0. The molecule has 0 nitrogen and oxygen atoms in total. The van der Waals surface area contributed by atoms with Gasteiger partial charge < -0.3 is 5.71 Å². The van der Waals surface area contributed by atoms with Crippen LogP contribution in [0.3, 0.4) is 0 Å². The predicted octanol–water partition coefficient (Wildman–Crippen LogP) is -1.07. The van der Waals surface area contributed by atoms with Crippen LogP contribution in [0.25, 0.3) is 0 Å². The Morgan fingerprint density at radius 3 is 1.25 bits per heavy atom. The molecule has 0 unspecified atom stereocenters. The molecule has 15 valence electrons. The summed E-state index contributed by atoms with van der Waals surface area (Å²) in [6, 6.07) is 0. The van der Waals surface area contributed by atoms with Crippen LogP contribution in [0.15, 0.2) is 0 Å². The molecule has 0 rings (SSSR count). The third-order valence-electron chi connectivity index (χ3n) is 0. The summed E-state index contributed by atoms with van der Waals surface area (Å²) >= 11 is 0. The molecule has 7 radical (unpaired) electrons. The van der Waals surface area contributed by atoms with Crippen molar-refractivity contribution in [1.29, 1.82) is 0 Å². The van der Waals surface area contributed by atoms with Crippen molar-refractivity contribution in [2.45, 2.75) is 0 Å². The van der Waals surface area contributed by atoms with Gasteiger partial charge in [-0.2, -0.15) is 0 Å². The van der Waals surface area contributed by atoms with Crippen molar-refractivity contribution in [3.63, 3.8) is 0 Å². The zero-order valence-corrected chi connectivity index (χ0v) is 11.3. The second-order valence-corrected chi connectivity index (χ2v) is 0. The summed E-state index contributed by atoms with van der Waals surface area (Å²) in [4.78, 5) is 0. The van der Waals surface area contributed by atoms with E-state index in [1.807, 2.05) is 0 Å². The van der Waals surface area contributed by atoms with Gasteiger partial charge in [0.2, 0.25) is 0 Å². The van der Waals surface area contributed by atoms with E-state index in [0.717, 1.165) is 0 Å². The molecule has 0 heterocycles. The fraction of sp³-hybridized carbons (Fsp3) is 0. The Morgan fingerprint density at radius 1 is 1.25 bits per heavy atom. The first-order chi connectivity index (χ1) is 0. The van der Waals surface area contributed by atoms with E-state index in [9.17, 15) is 0 Å². The van der Waals surface area contributed by atoms with E-state index in [2.05, 4.69) is 0 Å². The second-order valence-electron chi connectivity index (χ2n) is 0. The molecule has 0 aromatic rings. The Balaban J connectivity index is 0. The smallest absolute Gasteiger partial charge is 1.00 e. The van der Waals surface area contributed by atoms with Crippen molar-refractivity contribution >= 4 is 115 Å². The van der Waals surface area contributed by atoms with Crippen LogP contribution >= 0.6 is 0 Å². The van der Waals surface area contributed by atoms with Crippen LogP contribution in [-0.2, 0) is 0 Å². The SMILES string of the molecule is [Al].[Ba+2].[Ca+2].[H-].[H-].[H-].[H-].[Si]. The fourth-order valence-corrected chi connectivity index (χ4v) is 0. The molecule has 0 aromatic carbocycles. The van der Waals surface area contributed by atoms with E-state index in [4.69, 9.17) is 0 Å². The Hall–Kier alpha value is 3.58. The number of rotatable bonds is 0. The molecule has 0 aliphatic carbocycles. The van der Waals surface area contributed by atoms with Gasteiger partial charge in [0.05, 0.1) is 0 Å². The Bertz CT molecular complexity index is 16.0. The van der Waals surface area contributed by atoms with Gasteiger partial charge in [0.1, 0.15) is 0 Å². The summed E-state index contributed by atoms with van der Waals surface area (Å²) < 4.78 is 0. The van der Waals surface area contributed by atoms with E-state index in [1.165, 1.54) is 0 Å². The van der Waals surface area contributed by atoms with Crippen LogP contribution in [0.4, 0.5) is 0 Å². The zero-order valence-electron chi connectivity index (χ0n) is 6.49. The standard InChI is InChI=1S/Al.Ba.Ca.Si.4H/q;2*+2;;4*-1. The normalized spacial score (nSPS) is 0. The molecule has 0 bridgehead atoms. The Labute approximate surface area is 118 Å². The van der Waals surface area contributed by atoms with Gasteiger partial charge in [-0.3, -0.25) is 0 Å². The molecule has 0 spiro atoms. The minimum atomic E-state index is 0. The quantitative estimate of drug-likeness (QED) is 0.470. The van der Waals surface area contributed by atoms with Crippen molar-refractivity contribution in [3.8, 4) is 0 Å². The Kier molecular flexibility index (Phi) is 102. The maximum Gasteiger partial charge on any atom is 2.00 e. The van der Waals surface area contributed by atoms with Crippen LogP contribution in [0.1, 0.15) is 5.71 Å². The molecule has 0 saturated carbocycles. The largest absolute Gasteiger partial charge is 2.00 e. The first-order valence-electron chi connectivity index (χ1n) is 0. The molecule has 0 aliphatic rings. The summed E-state index contributed by atoms with van der Waals surface area (Å²) in [5.41, 5.74) is 0. The summed E-state index contributed by atoms with van der Waals surface area (Å²) in [5.74, 6) is 0. The maximum absolute atomic E-state index is 0. The average molecular weight is 237 g/mol. The Morgan fingerprint density at radius 2 is 1.25 bits per heavy atom. The minimum Gasteiger partial charge on any atom is -1.00 e. The molecule has 0 N–H and O–H groups in total. The van der Waals surface area contributed by atoms with Crippen molar-refractivity contribution in [3.05, 3.63) is 0 Å². The number of hydrogen-bond donors (Lipinski definition) is 0. The van der Waals surface area contributed by atoms with Crippen LogP contribution in [0, 0.1) is 0 Å². The van der Waals surface area contributed by atoms with E-state index < -0.39 is 0 Å². The van der Waals surface area contributed by atoms with Crippen LogP contribution in [0.2, 0.25) is 0 Å². The summed E-state index contributed by atoms with van der Waals surface area (Å²) in [6.07, 6.45) is 0. The monoisotopic (exact) mass is 237 g/mol. The van der Waals surface area contributed by atoms with E-state index in [0.29, 0.717) is 0 Å². The minimum absolute atomic E-state index is 0. The van der Waals surface area contributed by atoms with Crippen LogP contribution in [-0.4, -0.2) is 115 Å². The van der Waals surface area contributed by atoms with Gasteiger partial charge in [-0.25, -0.2) is 0 Å². The topological polar surface area (TPSA) is 0 Å². The van der Waals surface area contributed by atoms with Crippen molar-refractivity contribution in [2.24, 2.45) is 0 Å². The molecule has 0 atom stereocenters. The molecule has 0 fully saturated rings. The third kappa shape index (κ3) is 9.13. The van der Waals surface area contributed by atoms with E-state index in [-0.39, 0.29) is 121 Å². The predicted molar refractivity (Wildman–Crippen MR) is 27.5 cm³/mol. The van der Waals surface area contributed by atoms with Crippen LogP contribution in [0.5, 0.6) is 0 Å². The molecule has 4 heavy (non-hydrogen) atoms. The van der Waals surface area contributed by atoms with Gasteiger partial charge in [0.15, 0.2) is 0 Å². The maximum atomic E-state index is 0. The van der Waals surface area contributed by atoms with Crippen molar-refractivity contribution < 1.29 is 5.71 Å². The first-order valence-corrected chi connectivity index (χ1v) is 0. The molecule has 0 saturated heterocycles. The summed E-state index contributed by atoms with van der Waals surface area (Å²) in [6.45, 7) is 0. The molecule has 0 aliphatic heterocycles. The van der Waals surface area contributed by atoms with Crippen molar-refractivity contribution in [2.75, 3.05) is 0 Å². The van der Waals surface area contributed by atoms with Gasteiger partial charge >= 0.3 is 86.6 Å². The van der Waals surface area contributed by atoms with Gasteiger partial charge in [-0.15, -0.1) is 0 Å². The molecular formula is H4AlBaCaSi. The molecule has 0 amide bonds. The van der Waals surface area contributed by atoms with Gasteiger partial charge in [0, 0.05) is 28.3 Å². The van der Waals surface area contributed by atoms with Gasteiger partial charge in [-0.1, -0.05) is 0 Å². The second kappa shape index (κ2) is 16.0. The third-order valence-corrected chi connectivity index (χ3v) is 0. The average Bonchev–Trinajstić information content (AvgIpc) is 0. The van der Waals surface area contributed by atoms with Crippen LogP contribution < -0.4 is 0 Å². The van der Waals surface area contributed by atoms with Gasteiger partial charge in [0.25, 0.3) is 0 Å². The fourth-order valence-electron chi connectivity index (χ4n) is 0. The summed E-state index contributed by atoms with van der Waals surface area (Å²) in [5, 5.41) is 0. The molecule has 4 heteroatoms. The van der Waals surface area contributed by atoms with Crippen molar-refractivity contribution in [1.82, 2.24) is 0 Å². The first kappa shape index (κ1) is 25.6.